The fourth-order valence-corrected chi connectivity index (χ4v) is 4.05. The summed E-state index contributed by atoms with van der Waals surface area (Å²) in [5.74, 6) is -0.0312. The zero-order chi connectivity index (χ0) is 16.2. The van der Waals surface area contributed by atoms with E-state index in [1.54, 1.807) is 0 Å². The van der Waals surface area contributed by atoms with Crippen LogP contribution in [0.1, 0.15) is 33.6 Å². The average Bonchev–Trinajstić information content (AvgIpc) is 2.91. The maximum atomic E-state index is 12.2. The van der Waals surface area contributed by atoms with Crippen LogP contribution in [0.3, 0.4) is 0 Å². The standard InChI is InChI=1S/C18H19N3OS/c1-12-4-2-3-5-13(12)6-7-17(22)21-18-15(10-19)14-8-9-20-11-16(14)23-18/h2-5,20H,6-9,11H2,1H3,(H,21,22). The molecule has 1 amide bonds. The van der Waals surface area contributed by atoms with Gasteiger partial charge in [-0.15, -0.1) is 11.3 Å². The minimum atomic E-state index is -0.0312. The van der Waals surface area contributed by atoms with Gasteiger partial charge in [-0.1, -0.05) is 24.3 Å². The maximum Gasteiger partial charge on any atom is 0.225 e. The fourth-order valence-electron chi connectivity index (χ4n) is 2.87. The first-order valence-electron chi connectivity index (χ1n) is 7.78. The number of carbonyl (C=O) groups is 1. The molecular weight excluding hydrogens is 306 g/mol. The largest absolute Gasteiger partial charge is 0.317 e. The summed E-state index contributed by atoms with van der Waals surface area (Å²) in [6.07, 6.45) is 2.00. The van der Waals surface area contributed by atoms with Crippen molar-refractivity contribution in [3.05, 3.63) is 51.4 Å². The number of rotatable bonds is 4. The van der Waals surface area contributed by atoms with Crippen molar-refractivity contribution < 1.29 is 4.79 Å². The quantitative estimate of drug-likeness (QED) is 0.907. The third kappa shape index (κ3) is 3.44. The van der Waals surface area contributed by atoms with Crippen LogP contribution in [0.5, 0.6) is 0 Å². The van der Waals surface area contributed by atoms with Gasteiger partial charge in [-0.2, -0.15) is 5.26 Å². The summed E-state index contributed by atoms with van der Waals surface area (Å²) in [4.78, 5) is 13.4. The first-order valence-corrected chi connectivity index (χ1v) is 8.60. The Balaban J connectivity index is 1.68. The van der Waals surface area contributed by atoms with Gasteiger partial charge in [-0.05, 0) is 43.0 Å². The first kappa shape index (κ1) is 15.7. The third-order valence-corrected chi connectivity index (χ3v) is 5.32. The van der Waals surface area contributed by atoms with Crippen LogP contribution in [0.2, 0.25) is 0 Å². The number of carbonyl (C=O) groups excluding carboxylic acids is 1. The summed E-state index contributed by atoms with van der Waals surface area (Å²) in [5, 5.41) is 16.3. The molecule has 0 atom stereocenters. The number of fused-ring (bicyclic) bond motifs is 1. The lowest BCUT2D eigenvalue weighted by atomic mass is 10.0. The number of amides is 1. The molecule has 23 heavy (non-hydrogen) atoms. The molecular formula is C18H19N3OS. The van der Waals surface area contributed by atoms with E-state index in [2.05, 4.69) is 35.8 Å². The smallest absolute Gasteiger partial charge is 0.225 e. The zero-order valence-electron chi connectivity index (χ0n) is 13.1. The molecule has 0 radical (unpaired) electrons. The van der Waals surface area contributed by atoms with Crippen molar-refractivity contribution in [2.45, 2.75) is 32.7 Å². The van der Waals surface area contributed by atoms with Crippen LogP contribution in [0.4, 0.5) is 5.00 Å². The van der Waals surface area contributed by atoms with E-state index < -0.39 is 0 Å². The first-order chi connectivity index (χ1) is 11.2. The SMILES string of the molecule is Cc1ccccc1CCC(=O)Nc1sc2c(c1C#N)CCNC2. The van der Waals surface area contributed by atoms with Crippen LogP contribution in [0.25, 0.3) is 0 Å². The normalized spacial score (nSPS) is 13.2. The Hall–Kier alpha value is -2.16. The third-order valence-electron chi connectivity index (χ3n) is 4.18. The molecule has 0 unspecified atom stereocenters. The lowest BCUT2D eigenvalue weighted by molar-refractivity contribution is -0.116. The fraction of sp³-hybridized carbons (Fsp3) is 0.333. The highest BCUT2D eigenvalue weighted by Crippen LogP contribution is 2.34. The molecule has 2 aromatic rings. The van der Waals surface area contributed by atoms with E-state index in [9.17, 15) is 10.1 Å². The van der Waals surface area contributed by atoms with Crippen molar-refractivity contribution in [1.29, 1.82) is 5.26 Å². The average molecular weight is 325 g/mol. The number of nitriles is 1. The van der Waals surface area contributed by atoms with E-state index in [1.165, 1.54) is 27.3 Å². The molecule has 0 aliphatic carbocycles. The monoisotopic (exact) mass is 325 g/mol. The molecule has 0 bridgehead atoms. The van der Waals surface area contributed by atoms with Gasteiger partial charge in [0.2, 0.25) is 5.91 Å². The number of benzene rings is 1. The summed E-state index contributed by atoms with van der Waals surface area (Å²) >= 11 is 1.52. The molecule has 1 aliphatic rings. The number of hydrogen-bond donors (Lipinski definition) is 2. The van der Waals surface area contributed by atoms with Crippen LogP contribution >= 0.6 is 11.3 Å². The minimum Gasteiger partial charge on any atom is -0.317 e. The highest BCUT2D eigenvalue weighted by Gasteiger charge is 2.21. The van der Waals surface area contributed by atoms with Crippen LogP contribution in [-0.4, -0.2) is 12.5 Å². The van der Waals surface area contributed by atoms with Gasteiger partial charge in [0.25, 0.3) is 0 Å². The molecule has 2 N–H and O–H groups in total. The van der Waals surface area contributed by atoms with E-state index in [-0.39, 0.29) is 5.91 Å². The topological polar surface area (TPSA) is 64.9 Å². The second kappa shape index (κ2) is 6.95. The lowest BCUT2D eigenvalue weighted by Gasteiger charge is -2.11. The van der Waals surface area contributed by atoms with Gasteiger partial charge in [0, 0.05) is 17.8 Å². The molecule has 0 spiro atoms. The Morgan fingerprint density at radius 3 is 3.04 bits per heavy atom. The summed E-state index contributed by atoms with van der Waals surface area (Å²) in [5.41, 5.74) is 4.15. The molecule has 2 heterocycles. The predicted molar refractivity (Wildman–Crippen MR) is 92.6 cm³/mol. The number of aryl methyl sites for hydroxylation is 2. The van der Waals surface area contributed by atoms with Gasteiger partial charge in [0.15, 0.2) is 0 Å². The van der Waals surface area contributed by atoms with Crippen LogP contribution in [0, 0.1) is 18.3 Å². The number of nitrogens with zero attached hydrogens (tertiary/aromatic N) is 1. The van der Waals surface area contributed by atoms with E-state index >= 15 is 0 Å². The predicted octanol–water partition coefficient (Wildman–Crippen LogP) is 3.15. The molecule has 0 fully saturated rings. The Morgan fingerprint density at radius 1 is 1.43 bits per heavy atom. The molecule has 3 rings (SSSR count). The van der Waals surface area contributed by atoms with Crippen molar-refractivity contribution >= 4 is 22.2 Å². The van der Waals surface area contributed by atoms with E-state index in [0.717, 1.165) is 25.1 Å². The summed E-state index contributed by atoms with van der Waals surface area (Å²) in [7, 11) is 0. The van der Waals surface area contributed by atoms with Crippen molar-refractivity contribution in [2.24, 2.45) is 0 Å². The molecule has 0 saturated carbocycles. The van der Waals surface area contributed by atoms with E-state index in [1.807, 2.05) is 12.1 Å². The number of anilines is 1. The van der Waals surface area contributed by atoms with Gasteiger partial charge in [-0.25, -0.2) is 0 Å². The highest BCUT2D eigenvalue weighted by atomic mass is 32.1. The van der Waals surface area contributed by atoms with Crippen molar-refractivity contribution in [2.75, 3.05) is 11.9 Å². The van der Waals surface area contributed by atoms with E-state index in [0.29, 0.717) is 23.4 Å². The Bertz CT molecular complexity index is 773. The van der Waals surface area contributed by atoms with Crippen LogP contribution in [-0.2, 0) is 24.2 Å². The van der Waals surface area contributed by atoms with Gasteiger partial charge < -0.3 is 10.6 Å². The van der Waals surface area contributed by atoms with Crippen molar-refractivity contribution in [3.63, 3.8) is 0 Å². The van der Waals surface area contributed by atoms with Gasteiger partial charge >= 0.3 is 0 Å². The van der Waals surface area contributed by atoms with Crippen molar-refractivity contribution in [3.8, 4) is 6.07 Å². The molecule has 5 heteroatoms. The lowest BCUT2D eigenvalue weighted by Crippen LogP contribution is -2.22. The molecule has 4 nitrogen and oxygen atoms in total. The van der Waals surface area contributed by atoms with Crippen LogP contribution in [0.15, 0.2) is 24.3 Å². The van der Waals surface area contributed by atoms with Gasteiger partial charge in [0.1, 0.15) is 11.1 Å². The van der Waals surface area contributed by atoms with Crippen LogP contribution < -0.4 is 10.6 Å². The molecule has 1 aromatic heterocycles. The minimum absolute atomic E-state index is 0.0312. The Morgan fingerprint density at radius 2 is 2.26 bits per heavy atom. The van der Waals surface area contributed by atoms with Gasteiger partial charge in [0.05, 0.1) is 5.56 Å². The molecule has 1 aliphatic heterocycles. The van der Waals surface area contributed by atoms with E-state index in [4.69, 9.17) is 0 Å². The molecule has 1 aromatic carbocycles. The Kier molecular flexibility index (Phi) is 4.75. The summed E-state index contributed by atoms with van der Waals surface area (Å²) in [6, 6.07) is 10.4. The summed E-state index contributed by atoms with van der Waals surface area (Å²) in [6.45, 7) is 3.73. The maximum absolute atomic E-state index is 12.2. The van der Waals surface area contributed by atoms with Gasteiger partial charge in [-0.3, -0.25) is 4.79 Å². The van der Waals surface area contributed by atoms with Crippen molar-refractivity contribution in [1.82, 2.24) is 5.32 Å². The molecule has 0 saturated heterocycles. The second-order valence-corrected chi connectivity index (χ2v) is 6.83. The second-order valence-electron chi connectivity index (χ2n) is 5.72. The summed E-state index contributed by atoms with van der Waals surface area (Å²) < 4.78 is 0. The number of nitrogens with one attached hydrogen (secondary N) is 2. The molecule has 118 valence electrons. The number of hydrogen-bond acceptors (Lipinski definition) is 4. The Labute approximate surface area is 140 Å². The highest BCUT2D eigenvalue weighted by molar-refractivity contribution is 7.16. The number of thiophene rings is 1. The zero-order valence-corrected chi connectivity index (χ0v) is 13.9.